The van der Waals surface area contributed by atoms with Crippen LogP contribution in [0.2, 0.25) is 0 Å². The third-order valence-electron chi connectivity index (χ3n) is 3.52. The maximum absolute atomic E-state index is 12.4. The number of aromatic nitrogens is 1. The van der Waals surface area contributed by atoms with Crippen molar-refractivity contribution in [2.45, 2.75) is 12.8 Å². The Hall–Kier alpha value is -2.96. The van der Waals surface area contributed by atoms with Crippen LogP contribution < -0.4 is 10.2 Å². The van der Waals surface area contributed by atoms with Crippen LogP contribution in [0.3, 0.4) is 0 Å². The van der Waals surface area contributed by atoms with Gasteiger partial charge in [0.05, 0.1) is 11.7 Å². The molecule has 24 heavy (non-hydrogen) atoms. The van der Waals surface area contributed by atoms with Crippen LogP contribution in [0.15, 0.2) is 59.5 Å². The van der Waals surface area contributed by atoms with Gasteiger partial charge in [-0.1, -0.05) is 24.3 Å². The first-order valence-electron chi connectivity index (χ1n) is 7.01. The summed E-state index contributed by atoms with van der Waals surface area (Å²) < 4.78 is 41.1. The van der Waals surface area contributed by atoms with Gasteiger partial charge in [-0.05, 0) is 29.8 Å². The molecule has 0 saturated heterocycles. The summed E-state index contributed by atoms with van der Waals surface area (Å²) in [5.41, 5.74) is 1.12. The summed E-state index contributed by atoms with van der Waals surface area (Å²) >= 11 is 0. The largest absolute Gasteiger partial charge is 0.573 e. The zero-order valence-electron chi connectivity index (χ0n) is 12.2. The van der Waals surface area contributed by atoms with Crippen LogP contribution in [0.4, 0.5) is 13.2 Å². The Labute approximate surface area is 134 Å². The molecule has 0 aliphatic carbocycles. The van der Waals surface area contributed by atoms with Crippen molar-refractivity contribution in [3.8, 4) is 5.75 Å². The second-order valence-electron chi connectivity index (χ2n) is 5.21. The van der Waals surface area contributed by atoms with Crippen LogP contribution in [0.5, 0.6) is 5.75 Å². The van der Waals surface area contributed by atoms with E-state index in [0.717, 1.165) is 4.73 Å². The first-order chi connectivity index (χ1) is 11.3. The average Bonchev–Trinajstić information content (AvgIpc) is 2.53. The van der Waals surface area contributed by atoms with E-state index in [0.29, 0.717) is 22.0 Å². The molecular formula is C17H12F3NO3. The fourth-order valence-corrected chi connectivity index (χ4v) is 2.47. The zero-order chi connectivity index (χ0) is 17.3. The van der Waals surface area contributed by atoms with Crippen molar-refractivity contribution >= 4 is 10.9 Å². The van der Waals surface area contributed by atoms with Crippen molar-refractivity contribution < 1.29 is 23.1 Å². The number of alkyl halides is 3. The lowest BCUT2D eigenvalue weighted by Gasteiger charge is -2.10. The highest BCUT2D eigenvalue weighted by atomic mass is 19.4. The maximum Gasteiger partial charge on any atom is 0.573 e. The van der Waals surface area contributed by atoms with Gasteiger partial charge in [-0.15, -0.1) is 13.2 Å². The van der Waals surface area contributed by atoms with Gasteiger partial charge in [-0.2, -0.15) is 4.73 Å². The van der Waals surface area contributed by atoms with Crippen molar-refractivity contribution in [3.63, 3.8) is 0 Å². The van der Waals surface area contributed by atoms with Crippen LogP contribution in [0, 0.1) is 0 Å². The minimum absolute atomic E-state index is 0.177. The molecule has 1 aromatic heterocycles. The van der Waals surface area contributed by atoms with Crippen molar-refractivity contribution in [1.29, 1.82) is 0 Å². The molecular weight excluding hydrogens is 323 g/mol. The quantitative estimate of drug-likeness (QED) is 0.742. The van der Waals surface area contributed by atoms with Crippen molar-refractivity contribution in [2.24, 2.45) is 0 Å². The lowest BCUT2D eigenvalue weighted by Crippen LogP contribution is -2.17. The monoisotopic (exact) mass is 335 g/mol. The molecule has 0 saturated carbocycles. The zero-order valence-corrected chi connectivity index (χ0v) is 12.2. The third kappa shape index (κ3) is 3.34. The van der Waals surface area contributed by atoms with E-state index >= 15 is 0 Å². The van der Waals surface area contributed by atoms with Gasteiger partial charge in [0.2, 0.25) is 0 Å². The van der Waals surface area contributed by atoms with Gasteiger partial charge >= 0.3 is 6.36 Å². The smallest absolute Gasteiger partial charge is 0.428 e. The molecule has 0 aliphatic rings. The lowest BCUT2D eigenvalue weighted by molar-refractivity contribution is -0.274. The number of rotatable bonds is 3. The highest BCUT2D eigenvalue weighted by molar-refractivity contribution is 5.79. The Balaban J connectivity index is 1.90. The Morgan fingerprint density at radius 1 is 1.04 bits per heavy atom. The molecule has 0 atom stereocenters. The van der Waals surface area contributed by atoms with Crippen LogP contribution in [0.25, 0.3) is 10.9 Å². The lowest BCUT2D eigenvalue weighted by atomic mass is 10.0. The molecule has 1 N–H and O–H groups in total. The van der Waals surface area contributed by atoms with E-state index in [9.17, 15) is 23.2 Å². The summed E-state index contributed by atoms with van der Waals surface area (Å²) in [4.78, 5) is 12.4. The number of nitrogens with zero attached hydrogens (tertiary/aromatic N) is 1. The SMILES string of the molecule is O=c1c(Cc2ccc(OC(F)(F)F)cc2)cn(O)c2ccccc12. The van der Waals surface area contributed by atoms with Crippen LogP contribution in [-0.2, 0) is 6.42 Å². The normalized spacial score (nSPS) is 11.6. The molecule has 0 aliphatic heterocycles. The summed E-state index contributed by atoms with van der Waals surface area (Å²) in [5, 5.41) is 10.3. The van der Waals surface area contributed by atoms with Crippen LogP contribution in [0.1, 0.15) is 11.1 Å². The van der Waals surface area contributed by atoms with E-state index < -0.39 is 6.36 Å². The predicted molar refractivity (Wildman–Crippen MR) is 81.3 cm³/mol. The topological polar surface area (TPSA) is 51.5 Å². The van der Waals surface area contributed by atoms with E-state index in [1.54, 1.807) is 24.3 Å². The third-order valence-corrected chi connectivity index (χ3v) is 3.52. The summed E-state index contributed by atoms with van der Waals surface area (Å²) in [6, 6.07) is 11.9. The predicted octanol–water partition coefficient (Wildman–Crippen LogP) is 3.73. The fraction of sp³-hybridized carbons (Fsp3) is 0.118. The molecule has 0 radical (unpaired) electrons. The van der Waals surface area contributed by atoms with Crippen molar-refractivity contribution in [2.75, 3.05) is 0 Å². The van der Waals surface area contributed by atoms with E-state index in [1.807, 2.05) is 0 Å². The average molecular weight is 335 g/mol. The van der Waals surface area contributed by atoms with Gasteiger partial charge in [0.15, 0.2) is 5.43 Å². The van der Waals surface area contributed by atoms with Gasteiger partial charge in [-0.25, -0.2) is 0 Å². The highest BCUT2D eigenvalue weighted by Crippen LogP contribution is 2.23. The molecule has 0 fully saturated rings. The first-order valence-corrected chi connectivity index (χ1v) is 7.01. The Morgan fingerprint density at radius 2 is 1.71 bits per heavy atom. The van der Waals surface area contributed by atoms with Crippen LogP contribution in [-0.4, -0.2) is 16.3 Å². The molecule has 7 heteroatoms. The number of para-hydroxylation sites is 1. The molecule has 3 rings (SSSR count). The number of hydrogen-bond acceptors (Lipinski definition) is 3. The molecule has 0 amide bonds. The Morgan fingerprint density at radius 3 is 2.38 bits per heavy atom. The van der Waals surface area contributed by atoms with Crippen LogP contribution >= 0.6 is 0 Å². The second kappa shape index (κ2) is 5.92. The summed E-state index contributed by atoms with van der Waals surface area (Å²) in [6.45, 7) is 0. The number of fused-ring (bicyclic) bond motifs is 1. The molecule has 0 spiro atoms. The summed E-state index contributed by atoms with van der Waals surface area (Å²) in [5.74, 6) is -0.329. The number of halogens is 3. The molecule has 3 aromatic rings. The highest BCUT2D eigenvalue weighted by Gasteiger charge is 2.30. The minimum Gasteiger partial charge on any atom is -0.428 e. The molecule has 124 valence electrons. The van der Waals surface area contributed by atoms with E-state index in [4.69, 9.17) is 0 Å². The van der Waals surface area contributed by atoms with Gasteiger partial charge in [0.1, 0.15) is 5.75 Å². The number of benzene rings is 2. The number of pyridine rings is 1. The van der Waals surface area contributed by atoms with Crippen molar-refractivity contribution in [1.82, 2.24) is 4.73 Å². The van der Waals surface area contributed by atoms with E-state index in [2.05, 4.69) is 4.74 Å². The Bertz CT molecular complexity index is 930. The van der Waals surface area contributed by atoms with Gasteiger partial charge < -0.3 is 9.94 Å². The van der Waals surface area contributed by atoms with Gasteiger partial charge in [0.25, 0.3) is 0 Å². The van der Waals surface area contributed by atoms with Gasteiger partial charge in [0, 0.05) is 17.4 Å². The summed E-state index contributed by atoms with van der Waals surface area (Å²) in [6.07, 6.45) is -3.26. The van der Waals surface area contributed by atoms with Crippen molar-refractivity contribution in [3.05, 3.63) is 76.1 Å². The molecule has 0 bridgehead atoms. The maximum atomic E-state index is 12.4. The molecule has 4 nitrogen and oxygen atoms in total. The molecule has 0 unspecified atom stereocenters. The number of hydrogen-bond donors (Lipinski definition) is 1. The van der Waals surface area contributed by atoms with E-state index in [1.165, 1.54) is 30.5 Å². The fourth-order valence-electron chi connectivity index (χ4n) is 2.47. The standard InChI is InChI=1S/C17H12F3NO3/c18-17(19,20)24-13-7-5-11(6-8-13)9-12-10-21(23)15-4-2-1-3-14(15)16(12)22/h1-8,10,23H,9H2. The second-order valence-corrected chi connectivity index (χ2v) is 5.21. The Kier molecular flexibility index (Phi) is 3.92. The molecule has 2 aromatic carbocycles. The number of ether oxygens (including phenoxy) is 1. The van der Waals surface area contributed by atoms with Gasteiger partial charge in [-0.3, -0.25) is 4.79 Å². The minimum atomic E-state index is -4.75. The summed E-state index contributed by atoms with van der Waals surface area (Å²) in [7, 11) is 0. The molecule has 1 heterocycles. The first kappa shape index (κ1) is 15.9. The van der Waals surface area contributed by atoms with E-state index in [-0.39, 0.29) is 17.6 Å².